The molecule has 3 nitrogen and oxygen atoms in total. The largest absolute Gasteiger partial charge is 0.397 e. The molecular formula is C13H8BrF3N2O. The van der Waals surface area contributed by atoms with Gasteiger partial charge in [-0.15, -0.1) is 0 Å². The first-order chi connectivity index (χ1) is 9.40. The van der Waals surface area contributed by atoms with E-state index in [9.17, 15) is 18.0 Å². The van der Waals surface area contributed by atoms with Crippen molar-refractivity contribution < 1.29 is 18.0 Å². The molecule has 0 aliphatic carbocycles. The number of carbonyl (C=O) groups is 1. The Morgan fingerprint density at radius 3 is 2.50 bits per heavy atom. The molecule has 0 aliphatic rings. The molecule has 2 aromatic rings. The fourth-order valence-corrected chi connectivity index (χ4v) is 2.08. The Kier molecular flexibility index (Phi) is 3.99. The van der Waals surface area contributed by atoms with Crippen LogP contribution in [-0.4, -0.2) is 5.91 Å². The highest BCUT2D eigenvalue weighted by Crippen LogP contribution is 2.26. The van der Waals surface area contributed by atoms with Crippen molar-refractivity contribution in [2.75, 3.05) is 11.1 Å². The maximum absolute atomic E-state index is 13.6. The summed E-state index contributed by atoms with van der Waals surface area (Å²) in [6.45, 7) is 0. The minimum Gasteiger partial charge on any atom is -0.397 e. The monoisotopic (exact) mass is 344 g/mol. The third kappa shape index (κ3) is 2.77. The summed E-state index contributed by atoms with van der Waals surface area (Å²) in [5.74, 6) is -3.66. The number of nitrogen functional groups attached to an aromatic ring is 1. The molecule has 0 spiro atoms. The van der Waals surface area contributed by atoms with Crippen LogP contribution in [0.15, 0.2) is 34.8 Å². The van der Waals surface area contributed by atoms with Crippen LogP contribution in [-0.2, 0) is 0 Å². The van der Waals surface area contributed by atoms with Gasteiger partial charge in [-0.2, -0.15) is 0 Å². The molecule has 2 aromatic carbocycles. The van der Waals surface area contributed by atoms with E-state index in [1.54, 1.807) is 0 Å². The maximum Gasteiger partial charge on any atom is 0.256 e. The van der Waals surface area contributed by atoms with E-state index in [0.717, 1.165) is 24.3 Å². The molecule has 0 fully saturated rings. The number of rotatable bonds is 2. The van der Waals surface area contributed by atoms with Crippen molar-refractivity contribution in [3.8, 4) is 0 Å². The summed E-state index contributed by atoms with van der Waals surface area (Å²) in [6, 6.07) is 5.36. The van der Waals surface area contributed by atoms with E-state index >= 15 is 0 Å². The van der Waals surface area contributed by atoms with Gasteiger partial charge in [0.25, 0.3) is 5.91 Å². The van der Waals surface area contributed by atoms with Crippen molar-refractivity contribution in [2.45, 2.75) is 0 Å². The van der Waals surface area contributed by atoms with Gasteiger partial charge in [-0.1, -0.05) is 0 Å². The van der Waals surface area contributed by atoms with Crippen molar-refractivity contribution >= 4 is 33.2 Å². The normalized spacial score (nSPS) is 10.4. The van der Waals surface area contributed by atoms with E-state index < -0.39 is 29.0 Å². The minimum absolute atomic E-state index is 0.0643. The van der Waals surface area contributed by atoms with Gasteiger partial charge in [-0.25, -0.2) is 13.2 Å². The molecule has 0 heterocycles. The Labute approximate surface area is 120 Å². The van der Waals surface area contributed by atoms with Gasteiger partial charge in [0.05, 0.1) is 11.3 Å². The van der Waals surface area contributed by atoms with Gasteiger partial charge in [0.15, 0.2) is 11.6 Å². The lowest BCUT2D eigenvalue weighted by molar-refractivity contribution is 0.102. The standard InChI is InChI=1S/C13H8BrF3N2O/c14-8-5-6(15)1-2-7(8)13(20)19-12-10(18)4-3-9(16)11(12)17/h1-5H,18H2,(H,19,20). The van der Waals surface area contributed by atoms with Crippen LogP contribution in [0.4, 0.5) is 24.5 Å². The average molecular weight is 345 g/mol. The van der Waals surface area contributed by atoms with Crippen LogP contribution in [0.5, 0.6) is 0 Å². The molecule has 0 aromatic heterocycles. The van der Waals surface area contributed by atoms with E-state index in [4.69, 9.17) is 5.73 Å². The molecule has 0 bridgehead atoms. The highest BCUT2D eigenvalue weighted by atomic mass is 79.9. The van der Waals surface area contributed by atoms with Crippen LogP contribution in [0, 0.1) is 17.5 Å². The van der Waals surface area contributed by atoms with Crippen molar-refractivity contribution in [1.82, 2.24) is 0 Å². The summed E-state index contributed by atoms with van der Waals surface area (Å²) < 4.78 is 39.8. The second-order valence-electron chi connectivity index (χ2n) is 3.90. The van der Waals surface area contributed by atoms with Gasteiger partial charge >= 0.3 is 0 Å². The first-order valence-corrected chi connectivity index (χ1v) is 6.19. The Bertz CT molecular complexity index is 692. The molecule has 0 radical (unpaired) electrons. The molecule has 0 unspecified atom stereocenters. The molecule has 2 rings (SSSR count). The first-order valence-electron chi connectivity index (χ1n) is 5.40. The van der Waals surface area contributed by atoms with Gasteiger partial charge in [0.1, 0.15) is 11.5 Å². The second-order valence-corrected chi connectivity index (χ2v) is 4.76. The summed E-state index contributed by atoms with van der Waals surface area (Å²) >= 11 is 3.01. The van der Waals surface area contributed by atoms with Crippen LogP contribution < -0.4 is 11.1 Å². The fraction of sp³-hybridized carbons (Fsp3) is 0. The van der Waals surface area contributed by atoms with Crippen molar-refractivity contribution in [3.05, 3.63) is 57.8 Å². The molecule has 7 heteroatoms. The van der Waals surface area contributed by atoms with E-state index in [0.29, 0.717) is 0 Å². The summed E-state index contributed by atoms with van der Waals surface area (Å²) in [5, 5.41) is 2.16. The van der Waals surface area contributed by atoms with Crippen LogP contribution in [0.25, 0.3) is 0 Å². The fourth-order valence-electron chi connectivity index (χ4n) is 1.55. The zero-order valence-corrected chi connectivity index (χ0v) is 11.5. The maximum atomic E-state index is 13.6. The van der Waals surface area contributed by atoms with E-state index in [1.165, 1.54) is 6.07 Å². The first kappa shape index (κ1) is 14.4. The van der Waals surface area contributed by atoms with Gasteiger partial charge in [0, 0.05) is 4.47 Å². The van der Waals surface area contributed by atoms with E-state index in [2.05, 4.69) is 21.2 Å². The van der Waals surface area contributed by atoms with Gasteiger partial charge < -0.3 is 11.1 Å². The van der Waals surface area contributed by atoms with Gasteiger partial charge in [0.2, 0.25) is 0 Å². The summed E-state index contributed by atoms with van der Waals surface area (Å²) in [4.78, 5) is 12.0. The number of nitrogens with one attached hydrogen (secondary N) is 1. The number of benzene rings is 2. The molecule has 0 atom stereocenters. The molecule has 0 saturated heterocycles. The highest BCUT2D eigenvalue weighted by molar-refractivity contribution is 9.10. The minimum atomic E-state index is -1.25. The Balaban J connectivity index is 2.35. The summed E-state index contributed by atoms with van der Waals surface area (Å²) in [7, 11) is 0. The van der Waals surface area contributed by atoms with Crippen molar-refractivity contribution in [3.63, 3.8) is 0 Å². The van der Waals surface area contributed by atoms with Crippen LogP contribution in [0.1, 0.15) is 10.4 Å². The average Bonchev–Trinajstić information content (AvgIpc) is 2.39. The van der Waals surface area contributed by atoms with Gasteiger partial charge in [-0.05, 0) is 46.3 Å². The number of hydrogen-bond acceptors (Lipinski definition) is 2. The molecule has 20 heavy (non-hydrogen) atoms. The topological polar surface area (TPSA) is 55.1 Å². The number of halogens is 4. The van der Waals surface area contributed by atoms with Crippen LogP contribution in [0.2, 0.25) is 0 Å². The second kappa shape index (κ2) is 5.54. The zero-order valence-electron chi connectivity index (χ0n) is 9.88. The molecule has 104 valence electrons. The van der Waals surface area contributed by atoms with Crippen molar-refractivity contribution in [1.29, 1.82) is 0 Å². The number of carbonyl (C=O) groups excluding carboxylic acids is 1. The van der Waals surface area contributed by atoms with E-state index in [-0.39, 0.29) is 15.7 Å². The third-order valence-corrected chi connectivity index (χ3v) is 3.20. The molecule has 1 amide bonds. The summed E-state index contributed by atoms with van der Waals surface area (Å²) in [5.41, 5.74) is 4.98. The number of nitrogens with two attached hydrogens (primary N) is 1. The smallest absolute Gasteiger partial charge is 0.256 e. The highest BCUT2D eigenvalue weighted by Gasteiger charge is 2.17. The molecule has 0 aliphatic heterocycles. The predicted molar refractivity (Wildman–Crippen MR) is 72.8 cm³/mol. The number of amides is 1. The third-order valence-electron chi connectivity index (χ3n) is 2.54. The Morgan fingerprint density at radius 2 is 1.85 bits per heavy atom. The zero-order chi connectivity index (χ0) is 14.9. The molecule has 0 saturated carbocycles. The van der Waals surface area contributed by atoms with Crippen molar-refractivity contribution in [2.24, 2.45) is 0 Å². The lowest BCUT2D eigenvalue weighted by Crippen LogP contribution is -2.15. The van der Waals surface area contributed by atoms with Gasteiger partial charge in [-0.3, -0.25) is 4.79 Å². The Morgan fingerprint density at radius 1 is 1.15 bits per heavy atom. The van der Waals surface area contributed by atoms with Crippen LogP contribution >= 0.6 is 15.9 Å². The predicted octanol–water partition coefficient (Wildman–Crippen LogP) is 3.70. The number of hydrogen-bond donors (Lipinski definition) is 2. The lowest BCUT2D eigenvalue weighted by Gasteiger charge is -2.10. The Hall–Kier alpha value is -2.02. The quantitative estimate of drug-likeness (QED) is 0.816. The SMILES string of the molecule is Nc1ccc(F)c(F)c1NC(=O)c1ccc(F)cc1Br. The van der Waals surface area contributed by atoms with E-state index in [1.807, 2.05) is 0 Å². The molecular weight excluding hydrogens is 337 g/mol. The summed E-state index contributed by atoms with van der Waals surface area (Å²) in [6.07, 6.45) is 0. The lowest BCUT2D eigenvalue weighted by atomic mass is 10.2. The van der Waals surface area contributed by atoms with Crippen LogP contribution in [0.3, 0.4) is 0 Å². The number of anilines is 2. The molecule has 3 N–H and O–H groups in total.